The average Bonchev–Trinajstić information content (AvgIpc) is 2.86. The van der Waals surface area contributed by atoms with Crippen LogP contribution < -0.4 is 9.47 Å². The summed E-state index contributed by atoms with van der Waals surface area (Å²) in [6, 6.07) is 26.9. The van der Waals surface area contributed by atoms with Crippen LogP contribution in [0.25, 0.3) is 10.9 Å². The van der Waals surface area contributed by atoms with E-state index in [0.29, 0.717) is 31.1 Å². The van der Waals surface area contributed by atoms with Crippen molar-refractivity contribution >= 4 is 34.6 Å². The van der Waals surface area contributed by atoms with Crippen molar-refractivity contribution in [1.82, 2.24) is 4.98 Å². The molecule has 1 atom stereocenters. The molecule has 35 heavy (non-hydrogen) atoms. The van der Waals surface area contributed by atoms with E-state index < -0.39 is 17.0 Å². The number of aromatic nitrogens is 1. The summed E-state index contributed by atoms with van der Waals surface area (Å²) in [5, 5.41) is 9.69. The molecule has 0 saturated heterocycles. The number of nitrogens with zero attached hydrogens (tertiary/aromatic N) is 1. The first-order valence-corrected chi connectivity index (χ1v) is 11.6. The van der Waals surface area contributed by atoms with Crippen LogP contribution in [0.5, 0.6) is 11.5 Å². The van der Waals surface area contributed by atoms with Crippen LogP contribution >= 0.6 is 12.6 Å². The maximum atomic E-state index is 11.7. The lowest BCUT2D eigenvalue weighted by atomic mass is 9.96. The molecule has 0 aliphatic heterocycles. The third-order valence-electron chi connectivity index (χ3n) is 5.50. The van der Waals surface area contributed by atoms with Crippen LogP contribution in [-0.4, -0.2) is 21.2 Å². The van der Waals surface area contributed by atoms with Crippen LogP contribution in [0.4, 0.5) is 0 Å². The number of carbonyl (C=O) groups excluding carboxylic acids is 1. The summed E-state index contributed by atoms with van der Waals surface area (Å²) in [6.07, 6.45) is 0.0686. The Morgan fingerprint density at radius 3 is 2.31 bits per heavy atom. The molecule has 178 valence electrons. The Kier molecular flexibility index (Phi) is 8.00. The third-order valence-corrected chi connectivity index (χ3v) is 5.86. The number of benzene rings is 3. The van der Waals surface area contributed by atoms with Crippen molar-refractivity contribution in [2.24, 2.45) is 5.92 Å². The molecule has 0 aliphatic rings. The summed E-state index contributed by atoms with van der Waals surface area (Å²) in [5.41, 5.74) is 3.54. The fourth-order valence-corrected chi connectivity index (χ4v) is 3.94. The minimum atomic E-state index is -1.02. The smallest absolute Gasteiger partial charge is 0.304 e. The molecule has 1 aromatic heterocycles. The lowest BCUT2D eigenvalue weighted by molar-refractivity contribution is -0.139. The highest BCUT2D eigenvalue weighted by Gasteiger charge is 2.19. The highest BCUT2D eigenvalue weighted by Crippen LogP contribution is 2.23. The molecule has 0 bridgehead atoms. The van der Waals surface area contributed by atoms with E-state index in [1.165, 1.54) is 0 Å². The fourth-order valence-electron chi connectivity index (χ4n) is 3.75. The van der Waals surface area contributed by atoms with Crippen LogP contribution in [0.15, 0.2) is 84.9 Å². The summed E-state index contributed by atoms with van der Waals surface area (Å²) in [4.78, 5) is 27.3. The number of thiol groups is 1. The largest absolute Gasteiger partial charge is 0.489 e. The van der Waals surface area contributed by atoms with Crippen molar-refractivity contribution in [3.8, 4) is 11.5 Å². The summed E-state index contributed by atoms with van der Waals surface area (Å²) in [6.45, 7) is 0.666. The molecule has 1 heterocycles. The Bertz CT molecular complexity index is 1340. The van der Waals surface area contributed by atoms with E-state index in [4.69, 9.17) is 14.6 Å². The highest BCUT2D eigenvalue weighted by atomic mass is 32.1. The number of rotatable bonds is 11. The number of hydrogen-bond donors (Lipinski definition) is 2. The number of fused-ring (bicyclic) bond motifs is 1. The lowest BCUT2D eigenvalue weighted by Crippen LogP contribution is -2.17. The van der Waals surface area contributed by atoms with Crippen molar-refractivity contribution in [1.29, 1.82) is 0 Å². The van der Waals surface area contributed by atoms with Gasteiger partial charge >= 0.3 is 5.97 Å². The lowest BCUT2D eigenvalue weighted by Gasteiger charge is -2.13. The van der Waals surface area contributed by atoms with Gasteiger partial charge in [0.25, 0.3) is 0 Å². The van der Waals surface area contributed by atoms with Gasteiger partial charge in [-0.1, -0.05) is 54.6 Å². The maximum Gasteiger partial charge on any atom is 0.304 e. The molecular formula is C28H25NO5S. The normalized spacial score (nSPS) is 11.7. The summed E-state index contributed by atoms with van der Waals surface area (Å²) < 4.78 is 11.9. The molecule has 1 N–H and O–H groups in total. The number of hydrogen-bond acceptors (Lipinski definition) is 5. The van der Waals surface area contributed by atoms with Crippen molar-refractivity contribution < 1.29 is 24.2 Å². The van der Waals surface area contributed by atoms with Crippen LogP contribution in [-0.2, 0) is 29.2 Å². The molecule has 4 rings (SSSR count). The fraction of sp³-hybridized carbons (Fsp3) is 0.179. The van der Waals surface area contributed by atoms with Crippen LogP contribution in [0.1, 0.15) is 23.2 Å². The average molecular weight is 488 g/mol. The number of pyridine rings is 1. The molecule has 4 aromatic rings. The minimum absolute atomic E-state index is 0.245. The van der Waals surface area contributed by atoms with Gasteiger partial charge in [-0.25, -0.2) is 4.98 Å². The summed E-state index contributed by atoms with van der Waals surface area (Å²) in [5.74, 6) is -0.350. The number of aliphatic carboxylic acids is 1. The van der Waals surface area contributed by atoms with E-state index in [0.717, 1.165) is 27.7 Å². The first kappa shape index (κ1) is 24.3. The van der Waals surface area contributed by atoms with E-state index in [1.54, 1.807) is 0 Å². The monoisotopic (exact) mass is 487 g/mol. The molecule has 0 spiro atoms. The number of ether oxygens (including phenoxy) is 2. The Morgan fingerprint density at radius 1 is 0.829 bits per heavy atom. The SMILES string of the molecule is O=C(O)CC(Cc1cccc(COc2cccc(OCc3ccc4ccccc4n3)c2)c1)C(=O)S. The molecule has 7 heteroatoms. The van der Waals surface area contributed by atoms with E-state index in [-0.39, 0.29) is 6.42 Å². The van der Waals surface area contributed by atoms with E-state index in [9.17, 15) is 9.59 Å². The molecule has 0 saturated carbocycles. The van der Waals surface area contributed by atoms with Gasteiger partial charge in [0.05, 0.1) is 17.6 Å². The Labute approximate surface area is 209 Å². The molecular weight excluding hydrogens is 462 g/mol. The maximum absolute atomic E-state index is 11.7. The van der Waals surface area contributed by atoms with Gasteiger partial charge in [0, 0.05) is 17.4 Å². The summed E-state index contributed by atoms with van der Waals surface area (Å²) >= 11 is 3.84. The van der Waals surface area contributed by atoms with Crippen LogP contribution in [0.2, 0.25) is 0 Å². The second-order valence-corrected chi connectivity index (χ2v) is 8.65. The Hall–Kier alpha value is -3.84. The van der Waals surface area contributed by atoms with Crippen LogP contribution in [0.3, 0.4) is 0 Å². The Balaban J connectivity index is 1.35. The predicted molar refractivity (Wildman–Crippen MR) is 137 cm³/mol. The summed E-state index contributed by atoms with van der Waals surface area (Å²) in [7, 11) is 0. The molecule has 0 amide bonds. The number of carboxylic acid groups (broad SMARTS) is 1. The van der Waals surface area contributed by atoms with Gasteiger partial charge in [-0.3, -0.25) is 9.59 Å². The van der Waals surface area contributed by atoms with Gasteiger partial charge in [0.15, 0.2) is 5.12 Å². The first-order valence-electron chi connectivity index (χ1n) is 11.2. The zero-order valence-corrected chi connectivity index (χ0v) is 19.9. The van der Waals surface area contributed by atoms with Gasteiger partial charge in [-0.15, -0.1) is 12.6 Å². The topological polar surface area (TPSA) is 85.7 Å². The van der Waals surface area contributed by atoms with Gasteiger partial charge in [-0.05, 0) is 41.8 Å². The van der Waals surface area contributed by atoms with E-state index >= 15 is 0 Å². The molecule has 0 fully saturated rings. The zero-order chi connectivity index (χ0) is 24.6. The molecule has 1 unspecified atom stereocenters. The Morgan fingerprint density at radius 2 is 1.54 bits per heavy atom. The van der Waals surface area contributed by atoms with E-state index in [2.05, 4.69) is 17.6 Å². The van der Waals surface area contributed by atoms with Gasteiger partial charge in [0.1, 0.15) is 24.7 Å². The third kappa shape index (κ3) is 7.07. The van der Waals surface area contributed by atoms with Gasteiger partial charge in [-0.2, -0.15) is 0 Å². The quantitative estimate of drug-likeness (QED) is 0.273. The predicted octanol–water partition coefficient (Wildman–Crippen LogP) is 5.48. The van der Waals surface area contributed by atoms with Crippen molar-refractivity contribution in [3.05, 3.63) is 102 Å². The van der Waals surface area contributed by atoms with Crippen LogP contribution in [0, 0.1) is 5.92 Å². The zero-order valence-electron chi connectivity index (χ0n) is 19.0. The van der Waals surface area contributed by atoms with Crippen molar-refractivity contribution in [3.63, 3.8) is 0 Å². The molecule has 3 aromatic carbocycles. The number of para-hydroxylation sites is 1. The van der Waals surface area contributed by atoms with Gasteiger partial charge < -0.3 is 14.6 Å². The second kappa shape index (κ2) is 11.5. The van der Waals surface area contributed by atoms with Crippen molar-refractivity contribution in [2.75, 3.05) is 0 Å². The highest BCUT2D eigenvalue weighted by molar-refractivity contribution is 7.96. The minimum Gasteiger partial charge on any atom is -0.489 e. The first-order chi connectivity index (χ1) is 17.0. The molecule has 0 radical (unpaired) electrons. The molecule has 6 nitrogen and oxygen atoms in total. The van der Waals surface area contributed by atoms with E-state index in [1.807, 2.05) is 84.9 Å². The number of carboxylic acids is 1. The van der Waals surface area contributed by atoms with Gasteiger partial charge in [0.2, 0.25) is 0 Å². The standard InChI is InChI=1S/C28H25NO5S/c30-27(31)15-22(28(32)35)14-19-5-3-6-20(13-19)17-33-24-8-4-9-25(16-24)34-18-23-12-11-21-7-1-2-10-26(21)29-23/h1-13,16,22H,14-15,17-18H2,(H,30,31)(H,32,35). The van der Waals surface area contributed by atoms with Crippen molar-refractivity contribution in [2.45, 2.75) is 26.1 Å². The second-order valence-electron chi connectivity index (χ2n) is 8.20. The molecule has 0 aliphatic carbocycles. The number of carbonyl (C=O) groups is 2.